The summed E-state index contributed by atoms with van der Waals surface area (Å²) in [4.78, 5) is 0.125. The van der Waals surface area contributed by atoms with E-state index in [9.17, 15) is 8.42 Å². The van der Waals surface area contributed by atoms with Crippen LogP contribution in [0.3, 0.4) is 0 Å². The smallest absolute Gasteiger partial charge is 0.297 e. The van der Waals surface area contributed by atoms with Gasteiger partial charge in [-0.05, 0) is 43.2 Å². The van der Waals surface area contributed by atoms with E-state index in [1.807, 2.05) is 13.8 Å². The Morgan fingerprint density at radius 1 is 1.17 bits per heavy atom. The zero-order valence-corrected chi connectivity index (χ0v) is 14.3. The number of hydrogen-bond acceptors (Lipinski definition) is 5. The molecule has 0 fully saturated rings. The van der Waals surface area contributed by atoms with Gasteiger partial charge in [-0.15, -0.1) is 0 Å². The second-order valence-electron chi connectivity index (χ2n) is 5.67. The summed E-state index contributed by atoms with van der Waals surface area (Å²) in [5.41, 5.74) is 1.74. The van der Waals surface area contributed by atoms with E-state index < -0.39 is 23.0 Å². The van der Waals surface area contributed by atoms with E-state index in [0.29, 0.717) is 24.3 Å². The molecule has 0 bridgehead atoms. The number of hydrogen-bond donors (Lipinski definition) is 0. The van der Waals surface area contributed by atoms with Crippen LogP contribution in [0.15, 0.2) is 47.4 Å². The van der Waals surface area contributed by atoms with Crippen molar-refractivity contribution in [2.75, 3.05) is 6.75 Å². The SMILES string of the molecule is [2H]C1([2H])Oc2ccc(C[C@H](CC)OS(=O)(=O)c3ccc(C)cc3)cc2O1. The van der Waals surface area contributed by atoms with Gasteiger partial charge < -0.3 is 9.47 Å². The third kappa shape index (κ3) is 3.71. The van der Waals surface area contributed by atoms with Gasteiger partial charge in [0.05, 0.1) is 11.0 Å². The van der Waals surface area contributed by atoms with Crippen LogP contribution in [-0.2, 0) is 20.7 Å². The average molecular weight is 350 g/mol. The van der Waals surface area contributed by atoms with Gasteiger partial charge in [-0.3, -0.25) is 4.18 Å². The molecule has 2 aromatic carbocycles. The van der Waals surface area contributed by atoms with E-state index in [1.165, 1.54) is 12.1 Å². The van der Waals surface area contributed by atoms with Crippen molar-refractivity contribution in [1.29, 1.82) is 0 Å². The molecular weight excluding hydrogens is 328 g/mol. The highest BCUT2D eigenvalue weighted by atomic mass is 32.2. The van der Waals surface area contributed by atoms with Gasteiger partial charge in [0.2, 0.25) is 6.75 Å². The van der Waals surface area contributed by atoms with Crippen molar-refractivity contribution in [2.45, 2.75) is 37.7 Å². The standard InChI is InChI=1S/C18H20O5S/c1-3-15(10-14-6-9-17-18(11-14)22-12-21-17)23-24(19,20)16-7-4-13(2)5-8-16/h4-9,11,15H,3,10,12H2,1-2H3/t15-/m0/s1/i12D2. The number of fused-ring (bicyclic) bond motifs is 1. The maximum absolute atomic E-state index is 12.5. The van der Waals surface area contributed by atoms with Crippen molar-refractivity contribution in [3.63, 3.8) is 0 Å². The van der Waals surface area contributed by atoms with Gasteiger partial charge in [0, 0.05) is 6.42 Å². The van der Waals surface area contributed by atoms with Crippen LogP contribution in [0.1, 0.15) is 27.2 Å². The van der Waals surface area contributed by atoms with E-state index in [-0.39, 0.29) is 4.90 Å². The fraction of sp³-hybridized carbons (Fsp3) is 0.333. The molecule has 0 N–H and O–H groups in total. The summed E-state index contributed by atoms with van der Waals surface area (Å²) in [6.45, 7) is 1.55. The predicted octanol–water partition coefficient (Wildman–Crippen LogP) is 3.45. The first-order chi connectivity index (χ1) is 12.2. The van der Waals surface area contributed by atoms with Gasteiger partial charge >= 0.3 is 0 Å². The number of benzene rings is 2. The highest BCUT2D eigenvalue weighted by molar-refractivity contribution is 7.86. The summed E-state index contributed by atoms with van der Waals surface area (Å²) in [5, 5.41) is 0. The van der Waals surface area contributed by atoms with Gasteiger partial charge in [0.15, 0.2) is 11.5 Å². The molecule has 24 heavy (non-hydrogen) atoms. The second-order valence-corrected chi connectivity index (χ2v) is 7.24. The molecule has 0 radical (unpaired) electrons. The van der Waals surface area contributed by atoms with Crippen molar-refractivity contribution >= 4 is 10.1 Å². The summed E-state index contributed by atoms with van der Waals surface area (Å²) in [6.07, 6.45) is 0.306. The molecule has 1 heterocycles. The summed E-state index contributed by atoms with van der Waals surface area (Å²) in [5.74, 6) is 0.615. The van der Waals surface area contributed by atoms with Crippen LogP contribution in [0, 0.1) is 6.92 Å². The Morgan fingerprint density at radius 2 is 1.88 bits per heavy atom. The summed E-state index contributed by atoms with van der Waals surface area (Å²) in [7, 11) is -3.85. The van der Waals surface area contributed by atoms with Gasteiger partial charge in [0.25, 0.3) is 10.1 Å². The highest BCUT2D eigenvalue weighted by Crippen LogP contribution is 2.33. The first kappa shape index (κ1) is 14.3. The van der Waals surface area contributed by atoms with Crippen LogP contribution in [0.4, 0.5) is 0 Å². The summed E-state index contributed by atoms with van der Waals surface area (Å²) in [6, 6.07) is 11.5. The number of rotatable bonds is 6. The lowest BCUT2D eigenvalue weighted by Gasteiger charge is -2.16. The monoisotopic (exact) mass is 350 g/mol. The molecule has 1 aliphatic rings. The lowest BCUT2D eigenvalue weighted by molar-refractivity contribution is 0.174. The van der Waals surface area contributed by atoms with Crippen LogP contribution in [0.5, 0.6) is 11.5 Å². The molecule has 0 amide bonds. The van der Waals surface area contributed by atoms with Crippen molar-refractivity contribution in [3.05, 3.63) is 53.6 Å². The Bertz CT molecular complexity index is 894. The van der Waals surface area contributed by atoms with Crippen LogP contribution in [0.25, 0.3) is 0 Å². The quantitative estimate of drug-likeness (QED) is 0.747. The molecule has 0 aliphatic carbocycles. The molecule has 2 aromatic rings. The molecule has 0 saturated carbocycles. The maximum Gasteiger partial charge on any atom is 0.297 e. The predicted molar refractivity (Wildman–Crippen MR) is 89.8 cm³/mol. The Balaban J connectivity index is 1.73. The van der Waals surface area contributed by atoms with Crippen molar-refractivity contribution in [3.8, 4) is 11.5 Å². The normalized spacial score (nSPS) is 17.9. The Hall–Kier alpha value is -2.05. The topological polar surface area (TPSA) is 61.8 Å². The third-order valence-electron chi connectivity index (χ3n) is 3.80. The molecule has 6 heteroatoms. The van der Waals surface area contributed by atoms with Crippen molar-refractivity contribution in [2.24, 2.45) is 0 Å². The van der Waals surface area contributed by atoms with Crippen LogP contribution < -0.4 is 9.47 Å². The number of ether oxygens (including phenoxy) is 2. The zero-order chi connectivity index (χ0) is 18.9. The molecular formula is C18H20O5S. The van der Waals surface area contributed by atoms with Crippen molar-refractivity contribution < 1.29 is 24.8 Å². The lowest BCUT2D eigenvalue weighted by Crippen LogP contribution is -2.20. The van der Waals surface area contributed by atoms with Crippen LogP contribution in [0.2, 0.25) is 0 Å². The molecule has 1 aliphatic heterocycles. The van der Waals surface area contributed by atoms with E-state index in [1.54, 1.807) is 30.3 Å². The third-order valence-corrected chi connectivity index (χ3v) is 5.18. The van der Waals surface area contributed by atoms with Crippen molar-refractivity contribution in [1.82, 2.24) is 0 Å². The number of aryl methyl sites for hydroxylation is 1. The average Bonchev–Trinajstić information content (AvgIpc) is 2.87. The largest absolute Gasteiger partial charge is 0.454 e. The van der Waals surface area contributed by atoms with Gasteiger partial charge in [-0.1, -0.05) is 30.7 Å². The van der Waals surface area contributed by atoms with Gasteiger partial charge in [-0.2, -0.15) is 8.42 Å². The molecule has 0 saturated heterocycles. The molecule has 0 unspecified atom stereocenters. The molecule has 128 valence electrons. The first-order valence-electron chi connectivity index (χ1n) is 8.69. The fourth-order valence-corrected chi connectivity index (χ4v) is 3.55. The van der Waals surface area contributed by atoms with Gasteiger partial charge in [-0.25, -0.2) is 0 Å². The van der Waals surface area contributed by atoms with E-state index >= 15 is 0 Å². The van der Waals surface area contributed by atoms with E-state index in [2.05, 4.69) is 0 Å². The van der Waals surface area contributed by atoms with E-state index in [0.717, 1.165) is 11.1 Å². The molecule has 5 nitrogen and oxygen atoms in total. The Labute approximate surface area is 145 Å². The minimum atomic E-state index is -3.85. The fourth-order valence-electron chi connectivity index (χ4n) is 2.40. The molecule has 3 rings (SSSR count). The highest BCUT2D eigenvalue weighted by Gasteiger charge is 2.22. The molecule has 0 aromatic heterocycles. The minimum absolute atomic E-state index is 0.125. The van der Waals surface area contributed by atoms with Crippen LogP contribution in [-0.4, -0.2) is 21.3 Å². The van der Waals surface area contributed by atoms with Crippen LogP contribution >= 0.6 is 0 Å². The summed E-state index contributed by atoms with van der Waals surface area (Å²) >= 11 is 0. The maximum atomic E-state index is 12.5. The minimum Gasteiger partial charge on any atom is -0.454 e. The van der Waals surface area contributed by atoms with Gasteiger partial charge in [0.1, 0.15) is 2.74 Å². The molecule has 0 spiro atoms. The molecule has 1 atom stereocenters. The Morgan fingerprint density at radius 3 is 2.58 bits per heavy atom. The van der Waals surface area contributed by atoms with E-state index in [4.69, 9.17) is 16.4 Å². The Kier molecular flexibility index (Phi) is 4.07. The first-order valence-corrected chi connectivity index (χ1v) is 9.10. The summed E-state index contributed by atoms with van der Waals surface area (Å²) < 4.78 is 55.4. The zero-order valence-electron chi connectivity index (χ0n) is 15.5. The second kappa shape index (κ2) is 6.83. The lowest BCUT2D eigenvalue weighted by atomic mass is 10.1.